The number of nitrogens with zero attached hydrogens (tertiary/aromatic N) is 3. The van der Waals surface area contributed by atoms with E-state index in [0.29, 0.717) is 33.1 Å². The van der Waals surface area contributed by atoms with Crippen molar-refractivity contribution in [2.45, 2.75) is 6.43 Å². The molecule has 2 aromatic carbocycles. The molecule has 0 spiro atoms. The maximum Gasteiger partial charge on any atom is 0.295 e. The van der Waals surface area contributed by atoms with Gasteiger partial charge in [-0.15, -0.1) is 11.3 Å². The number of aromatic amines is 1. The van der Waals surface area contributed by atoms with Crippen LogP contribution in [0.5, 0.6) is 0 Å². The zero-order valence-corrected chi connectivity index (χ0v) is 15.9. The van der Waals surface area contributed by atoms with Crippen LogP contribution in [0.3, 0.4) is 0 Å². The maximum atomic E-state index is 13.3. The van der Waals surface area contributed by atoms with Gasteiger partial charge < -0.3 is 10.3 Å². The molecule has 30 heavy (non-hydrogen) atoms. The van der Waals surface area contributed by atoms with Crippen LogP contribution < -0.4 is 5.32 Å². The molecule has 1 amide bonds. The summed E-state index contributed by atoms with van der Waals surface area (Å²) in [7, 11) is 0. The van der Waals surface area contributed by atoms with Crippen LogP contribution in [0.25, 0.3) is 27.3 Å². The maximum absolute atomic E-state index is 13.3. The van der Waals surface area contributed by atoms with Crippen molar-refractivity contribution in [2.24, 2.45) is 0 Å². The summed E-state index contributed by atoms with van der Waals surface area (Å²) in [6.45, 7) is 0. The van der Waals surface area contributed by atoms with Gasteiger partial charge in [-0.1, -0.05) is 0 Å². The first-order chi connectivity index (χ1) is 14.5. The van der Waals surface area contributed by atoms with Gasteiger partial charge in [0, 0.05) is 22.7 Å². The summed E-state index contributed by atoms with van der Waals surface area (Å²) < 4.78 is 40.8. The average molecular weight is 427 g/mol. The largest absolute Gasteiger partial charge is 0.337 e. The highest BCUT2D eigenvalue weighted by molar-refractivity contribution is 7.15. The van der Waals surface area contributed by atoms with Crippen LogP contribution in [-0.4, -0.2) is 25.3 Å². The van der Waals surface area contributed by atoms with Gasteiger partial charge in [-0.3, -0.25) is 9.20 Å². The minimum absolute atomic E-state index is 0.266. The van der Waals surface area contributed by atoms with Gasteiger partial charge in [-0.05, 0) is 42.5 Å². The molecule has 0 aliphatic carbocycles. The van der Waals surface area contributed by atoms with Crippen molar-refractivity contribution in [3.63, 3.8) is 0 Å². The summed E-state index contributed by atoms with van der Waals surface area (Å²) in [5.74, 6) is -0.833. The number of hydrogen-bond donors (Lipinski definition) is 2. The van der Waals surface area contributed by atoms with Gasteiger partial charge in [0.2, 0.25) is 0 Å². The van der Waals surface area contributed by atoms with Crippen molar-refractivity contribution < 1.29 is 18.0 Å². The summed E-state index contributed by atoms with van der Waals surface area (Å²) in [4.78, 5) is 24.4. The predicted octanol–water partition coefficient (Wildman–Crippen LogP) is 5.27. The summed E-state index contributed by atoms with van der Waals surface area (Å²) >= 11 is 1.39. The summed E-state index contributed by atoms with van der Waals surface area (Å²) in [6, 6.07) is 10.3. The SMILES string of the molecule is O=C(Nc1c(-c2ccc(F)cc2)nc2sccn12)c1ccc2nc(C(F)F)[nH]c2c1. The number of benzene rings is 2. The number of aromatic nitrogens is 4. The Morgan fingerprint density at radius 3 is 2.70 bits per heavy atom. The van der Waals surface area contributed by atoms with Gasteiger partial charge in [-0.25, -0.2) is 23.1 Å². The second-order valence-corrected chi connectivity index (χ2v) is 7.35. The number of carbonyl (C=O) groups is 1. The molecule has 0 unspecified atom stereocenters. The van der Waals surface area contributed by atoms with Crippen molar-refractivity contribution in [3.8, 4) is 11.3 Å². The van der Waals surface area contributed by atoms with Crippen LogP contribution in [0.2, 0.25) is 0 Å². The van der Waals surface area contributed by atoms with E-state index in [0.717, 1.165) is 0 Å². The summed E-state index contributed by atoms with van der Waals surface area (Å²) in [5.41, 5.74) is 2.09. The Morgan fingerprint density at radius 2 is 1.93 bits per heavy atom. The molecule has 3 heterocycles. The molecule has 150 valence electrons. The number of anilines is 1. The van der Waals surface area contributed by atoms with E-state index in [9.17, 15) is 18.0 Å². The molecule has 0 saturated carbocycles. The monoisotopic (exact) mass is 427 g/mol. The van der Waals surface area contributed by atoms with Crippen LogP contribution in [0.1, 0.15) is 22.6 Å². The van der Waals surface area contributed by atoms with Crippen molar-refractivity contribution in [3.05, 3.63) is 71.2 Å². The van der Waals surface area contributed by atoms with Gasteiger partial charge in [-0.2, -0.15) is 0 Å². The number of amides is 1. The fourth-order valence-electron chi connectivity index (χ4n) is 3.17. The Hall–Kier alpha value is -3.66. The van der Waals surface area contributed by atoms with E-state index < -0.39 is 18.2 Å². The molecule has 6 nitrogen and oxygen atoms in total. The third-order valence-corrected chi connectivity index (χ3v) is 5.34. The molecule has 0 bridgehead atoms. The molecular weight excluding hydrogens is 415 g/mol. The van der Waals surface area contributed by atoms with Crippen LogP contribution in [0.15, 0.2) is 54.0 Å². The number of fused-ring (bicyclic) bond motifs is 2. The molecule has 0 radical (unpaired) electrons. The lowest BCUT2D eigenvalue weighted by molar-refractivity contribution is 0.102. The van der Waals surface area contributed by atoms with Crippen molar-refractivity contribution in [1.82, 2.24) is 19.4 Å². The average Bonchev–Trinajstić information content (AvgIpc) is 3.43. The number of thiazole rings is 1. The number of hydrogen-bond acceptors (Lipinski definition) is 4. The van der Waals surface area contributed by atoms with E-state index in [1.165, 1.54) is 41.7 Å². The molecule has 10 heteroatoms. The minimum atomic E-state index is -2.73. The molecule has 0 saturated heterocycles. The van der Waals surface area contributed by atoms with E-state index in [1.54, 1.807) is 22.7 Å². The number of alkyl halides is 2. The molecular formula is C20H12F3N5OS. The molecule has 0 aliphatic rings. The zero-order chi connectivity index (χ0) is 20.8. The van der Waals surface area contributed by atoms with Gasteiger partial charge >= 0.3 is 0 Å². The van der Waals surface area contributed by atoms with Crippen LogP contribution in [-0.2, 0) is 0 Å². The summed E-state index contributed by atoms with van der Waals surface area (Å²) in [5, 5.41) is 4.66. The molecule has 5 aromatic rings. The van der Waals surface area contributed by atoms with Gasteiger partial charge in [0.05, 0.1) is 11.0 Å². The van der Waals surface area contributed by atoms with Crippen molar-refractivity contribution in [1.29, 1.82) is 0 Å². The van der Waals surface area contributed by atoms with Crippen LogP contribution in [0, 0.1) is 5.82 Å². The van der Waals surface area contributed by atoms with Gasteiger partial charge in [0.25, 0.3) is 12.3 Å². The van der Waals surface area contributed by atoms with Gasteiger partial charge in [0.1, 0.15) is 17.3 Å². The van der Waals surface area contributed by atoms with E-state index in [4.69, 9.17) is 0 Å². The number of imidazole rings is 2. The highest BCUT2D eigenvalue weighted by Gasteiger charge is 2.19. The minimum Gasteiger partial charge on any atom is -0.337 e. The standard InChI is InChI=1S/C20H12F3N5OS/c21-12-4-1-10(2-5-12)15-18(28-7-8-30-20(28)26-15)27-19(29)11-3-6-13-14(9-11)25-17(24-13)16(22)23/h1-9,16H,(H,24,25)(H,27,29). The Morgan fingerprint density at radius 1 is 1.13 bits per heavy atom. The first-order valence-electron chi connectivity index (χ1n) is 8.80. The highest BCUT2D eigenvalue weighted by Crippen LogP contribution is 2.31. The lowest BCUT2D eigenvalue weighted by Gasteiger charge is -2.07. The first-order valence-corrected chi connectivity index (χ1v) is 9.68. The van der Waals surface area contributed by atoms with E-state index >= 15 is 0 Å². The third kappa shape index (κ3) is 3.11. The normalized spacial score (nSPS) is 11.6. The number of nitrogens with one attached hydrogen (secondary N) is 2. The second kappa shape index (κ2) is 6.99. The fourth-order valence-corrected chi connectivity index (χ4v) is 3.88. The number of carbonyl (C=O) groups excluding carboxylic acids is 1. The Kier molecular flexibility index (Phi) is 4.28. The number of rotatable bonds is 4. The summed E-state index contributed by atoms with van der Waals surface area (Å²) in [6.07, 6.45) is -0.963. The Balaban J connectivity index is 1.53. The predicted molar refractivity (Wildman–Crippen MR) is 107 cm³/mol. The lowest BCUT2D eigenvalue weighted by atomic mass is 10.1. The smallest absolute Gasteiger partial charge is 0.295 e. The highest BCUT2D eigenvalue weighted by atomic mass is 32.1. The molecule has 5 rings (SSSR count). The van der Waals surface area contributed by atoms with Crippen LogP contribution >= 0.6 is 11.3 Å². The van der Waals surface area contributed by atoms with Crippen molar-refractivity contribution in [2.75, 3.05) is 5.32 Å². The number of H-pyrrole nitrogens is 1. The molecule has 3 aromatic heterocycles. The zero-order valence-electron chi connectivity index (χ0n) is 15.1. The quantitative estimate of drug-likeness (QED) is 0.410. The van der Waals surface area contributed by atoms with Crippen molar-refractivity contribution >= 4 is 39.1 Å². The molecule has 2 N–H and O–H groups in total. The second-order valence-electron chi connectivity index (χ2n) is 6.48. The van der Waals surface area contributed by atoms with Gasteiger partial charge in [0.15, 0.2) is 10.8 Å². The third-order valence-electron chi connectivity index (χ3n) is 4.58. The first kappa shape index (κ1) is 18.4. The number of halogens is 3. The van der Waals surface area contributed by atoms with E-state index in [1.807, 2.05) is 5.38 Å². The lowest BCUT2D eigenvalue weighted by Crippen LogP contribution is -2.13. The molecule has 0 atom stereocenters. The van der Waals surface area contributed by atoms with Crippen LogP contribution in [0.4, 0.5) is 19.0 Å². The molecule has 0 fully saturated rings. The molecule has 0 aliphatic heterocycles. The Labute approximate surface area is 171 Å². The Bertz CT molecular complexity index is 1390. The van der Waals surface area contributed by atoms with E-state index in [2.05, 4.69) is 20.3 Å². The van der Waals surface area contributed by atoms with E-state index in [-0.39, 0.29) is 11.4 Å². The topological polar surface area (TPSA) is 75.1 Å². The fraction of sp³-hybridized carbons (Fsp3) is 0.0500.